The molecule has 1 aromatic carbocycles. The summed E-state index contributed by atoms with van der Waals surface area (Å²) >= 11 is 0. The molecule has 214 valence electrons. The first-order valence-corrected chi connectivity index (χ1v) is 13.3. The van der Waals surface area contributed by atoms with Crippen LogP contribution in [-0.2, 0) is 23.9 Å². The second-order valence-electron chi connectivity index (χ2n) is 11.5. The number of esters is 1. The van der Waals surface area contributed by atoms with Gasteiger partial charge in [-0.3, -0.25) is 14.4 Å². The molecule has 3 amide bonds. The van der Waals surface area contributed by atoms with E-state index in [1.165, 1.54) is 4.90 Å². The number of nitrogens with one attached hydrogen (secondary N) is 2. The average Bonchev–Trinajstić information content (AvgIpc) is 2.79. The first-order chi connectivity index (χ1) is 17.5. The summed E-state index contributed by atoms with van der Waals surface area (Å²) in [6.45, 7) is 18.6. The van der Waals surface area contributed by atoms with Gasteiger partial charge < -0.3 is 25.0 Å². The Morgan fingerprint density at radius 2 is 1.55 bits per heavy atom. The number of carbonyl (C=O) groups is 4. The van der Waals surface area contributed by atoms with Crippen LogP contribution in [-0.4, -0.2) is 59.1 Å². The molecule has 0 heterocycles. The average molecular weight is 534 g/mol. The lowest BCUT2D eigenvalue weighted by Crippen LogP contribution is -2.60. The van der Waals surface area contributed by atoms with E-state index in [1.807, 2.05) is 65.8 Å². The molecule has 3 unspecified atom stereocenters. The number of carbonyl (C=O) groups excluding carboxylic acids is 4. The van der Waals surface area contributed by atoms with Crippen molar-refractivity contribution >= 4 is 23.9 Å². The second-order valence-corrected chi connectivity index (χ2v) is 11.5. The molecule has 2 N–H and O–H groups in total. The van der Waals surface area contributed by atoms with Crippen LogP contribution >= 0.6 is 0 Å². The molecule has 0 fully saturated rings. The zero-order valence-corrected chi connectivity index (χ0v) is 24.8. The summed E-state index contributed by atoms with van der Waals surface area (Å²) in [7, 11) is 0. The Kier molecular flexibility index (Phi) is 12.3. The Balaban J connectivity index is 3.48. The maximum absolute atomic E-state index is 14.2. The van der Waals surface area contributed by atoms with Crippen LogP contribution in [0.2, 0.25) is 0 Å². The highest BCUT2D eigenvalue weighted by molar-refractivity contribution is 5.93. The van der Waals surface area contributed by atoms with Gasteiger partial charge in [0, 0.05) is 12.1 Å². The number of nitrogens with zero attached hydrogens (tertiary/aromatic N) is 1. The van der Waals surface area contributed by atoms with Gasteiger partial charge in [-0.25, -0.2) is 4.79 Å². The Morgan fingerprint density at radius 1 is 0.974 bits per heavy atom. The Labute approximate surface area is 228 Å². The molecular formula is C29H47N3O6. The highest BCUT2D eigenvalue weighted by Crippen LogP contribution is 2.31. The normalized spacial score (nSPS) is 14.1. The van der Waals surface area contributed by atoms with E-state index in [0.717, 1.165) is 5.56 Å². The van der Waals surface area contributed by atoms with Gasteiger partial charge in [0.25, 0.3) is 0 Å². The van der Waals surface area contributed by atoms with Gasteiger partial charge in [0.15, 0.2) is 0 Å². The summed E-state index contributed by atoms with van der Waals surface area (Å²) in [6, 6.07) is 5.47. The number of hydrogen-bond donors (Lipinski definition) is 2. The first-order valence-electron chi connectivity index (χ1n) is 13.3. The molecular weight excluding hydrogens is 486 g/mol. The first kappa shape index (κ1) is 32.9. The van der Waals surface area contributed by atoms with Crippen LogP contribution in [0.15, 0.2) is 24.3 Å². The molecule has 38 heavy (non-hydrogen) atoms. The quantitative estimate of drug-likeness (QED) is 0.400. The lowest BCUT2D eigenvalue weighted by molar-refractivity contribution is -0.149. The molecule has 1 rings (SSSR count). The maximum atomic E-state index is 14.2. The van der Waals surface area contributed by atoms with Gasteiger partial charge in [0.1, 0.15) is 17.7 Å². The van der Waals surface area contributed by atoms with Crippen molar-refractivity contribution in [2.75, 3.05) is 13.2 Å². The van der Waals surface area contributed by atoms with Crippen molar-refractivity contribution in [3.8, 4) is 0 Å². The number of aryl methyl sites for hydroxylation is 1. The Bertz CT molecular complexity index is 947. The predicted octanol–water partition coefficient (Wildman–Crippen LogP) is 4.67. The van der Waals surface area contributed by atoms with E-state index < -0.39 is 47.1 Å². The minimum Gasteiger partial charge on any atom is -0.466 e. The molecule has 0 saturated carbocycles. The third kappa shape index (κ3) is 10.3. The summed E-state index contributed by atoms with van der Waals surface area (Å²) in [4.78, 5) is 53.9. The van der Waals surface area contributed by atoms with Crippen LogP contribution in [0.3, 0.4) is 0 Å². The fourth-order valence-electron chi connectivity index (χ4n) is 3.90. The van der Waals surface area contributed by atoms with Crippen LogP contribution < -0.4 is 10.6 Å². The van der Waals surface area contributed by atoms with Crippen molar-refractivity contribution in [1.29, 1.82) is 0 Å². The molecule has 0 spiro atoms. The summed E-state index contributed by atoms with van der Waals surface area (Å²) in [6.07, 6.45) is -0.0689. The van der Waals surface area contributed by atoms with Crippen LogP contribution in [0.5, 0.6) is 0 Å². The molecule has 0 bridgehead atoms. The van der Waals surface area contributed by atoms with Crippen molar-refractivity contribution in [1.82, 2.24) is 15.5 Å². The van der Waals surface area contributed by atoms with Crippen molar-refractivity contribution in [3.63, 3.8) is 0 Å². The van der Waals surface area contributed by atoms with Crippen molar-refractivity contribution in [3.05, 3.63) is 35.4 Å². The van der Waals surface area contributed by atoms with Gasteiger partial charge in [-0.15, -0.1) is 0 Å². The number of alkyl carbamates (subject to hydrolysis) is 1. The van der Waals surface area contributed by atoms with Crippen molar-refractivity contribution < 1.29 is 28.7 Å². The smallest absolute Gasteiger partial charge is 0.408 e. The zero-order chi connectivity index (χ0) is 29.3. The SMILES string of the molecule is CCOC(=O)CCNC(=O)C(c1ccc(C)cc1)N(C(=O)C(NC(=O)OC(C)(C)C)C(C)CC)C(C)(C)C. The van der Waals surface area contributed by atoms with E-state index in [1.54, 1.807) is 27.7 Å². The fraction of sp³-hybridized carbons (Fsp3) is 0.655. The summed E-state index contributed by atoms with van der Waals surface area (Å²) in [5.74, 6) is -1.47. The number of ether oxygens (including phenoxy) is 2. The van der Waals surface area contributed by atoms with Gasteiger partial charge in [-0.05, 0) is 66.9 Å². The second kappa shape index (κ2) is 14.2. The maximum Gasteiger partial charge on any atom is 0.408 e. The number of rotatable bonds is 11. The molecule has 9 nitrogen and oxygen atoms in total. The summed E-state index contributed by atoms with van der Waals surface area (Å²) < 4.78 is 10.4. The van der Waals surface area contributed by atoms with E-state index in [-0.39, 0.29) is 25.5 Å². The number of amides is 3. The van der Waals surface area contributed by atoms with Gasteiger partial charge >= 0.3 is 12.1 Å². The summed E-state index contributed by atoms with van der Waals surface area (Å²) in [5, 5.41) is 5.56. The third-order valence-corrected chi connectivity index (χ3v) is 5.94. The monoisotopic (exact) mass is 533 g/mol. The van der Waals surface area contributed by atoms with Gasteiger partial charge in [-0.2, -0.15) is 0 Å². The number of benzene rings is 1. The van der Waals surface area contributed by atoms with E-state index in [4.69, 9.17) is 9.47 Å². The topological polar surface area (TPSA) is 114 Å². The zero-order valence-electron chi connectivity index (χ0n) is 24.8. The molecule has 0 saturated heterocycles. The molecule has 1 aromatic rings. The van der Waals surface area contributed by atoms with Crippen LogP contribution in [0.4, 0.5) is 4.79 Å². The number of hydrogen-bond acceptors (Lipinski definition) is 6. The molecule has 0 aromatic heterocycles. The predicted molar refractivity (Wildman–Crippen MR) is 147 cm³/mol. The standard InChI is InChI=1S/C29H47N3O6/c1-11-20(4)23(31-27(36)38-29(8,9)10)26(35)32(28(5,6)7)24(21-15-13-19(3)14-16-21)25(34)30-18-17-22(33)37-12-2/h13-16,20,23-24H,11-12,17-18H2,1-10H3,(H,30,34)(H,31,36). The fourth-order valence-corrected chi connectivity index (χ4v) is 3.90. The minimum atomic E-state index is -1.00. The molecule has 0 aliphatic rings. The van der Waals surface area contributed by atoms with Crippen LogP contribution in [0.1, 0.15) is 92.3 Å². The summed E-state index contributed by atoms with van der Waals surface area (Å²) in [5.41, 5.74) is 0.0904. The Hall–Kier alpha value is -3.10. The largest absolute Gasteiger partial charge is 0.466 e. The minimum absolute atomic E-state index is 0.0132. The van der Waals surface area contributed by atoms with E-state index in [0.29, 0.717) is 12.0 Å². The van der Waals surface area contributed by atoms with E-state index in [2.05, 4.69) is 10.6 Å². The van der Waals surface area contributed by atoms with Gasteiger partial charge in [0.2, 0.25) is 11.8 Å². The van der Waals surface area contributed by atoms with E-state index >= 15 is 0 Å². The molecule has 0 radical (unpaired) electrons. The van der Waals surface area contributed by atoms with Gasteiger partial charge in [-0.1, -0.05) is 50.1 Å². The molecule has 0 aliphatic heterocycles. The van der Waals surface area contributed by atoms with Gasteiger partial charge in [0.05, 0.1) is 13.0 Å². The van der Waals surface area contributed by atoms with Crippen molar-refractivity contribution in [2.24, 2.45) is 5.92 Å². The van der Waals surface area contributed by atoms with Crippen LogP contribution in [0.25, 0.3) is 0 Å². The highest BCUT2D eigenvalue weighted by atomic mass is 16.6. The molecule has 0 aliphatic carbocycles. The highest BCUT2D eigenvalue weighted by Gasteiger charge is 2.43. The molecule has 9 heteroatoms. The molecule has 3 atom stereocenters. The third-order valence-electron chi connectivity index (χ3n) is 5.94. The Morgan fingerprint density at radius 3 is 2.03 bits per heavy atom. The lowest BCUT2D eigenvalue weighted by atomic mass is 9.91. The van der Waals surface area contributed by atoms with E-state index in [9.17, 15) is 19.2 Å². The van der Waals surface area contributed by atoms with Crippen LogP contribution in [0, 0.1) is 12.8 Å². The lowest BCUT2D eigenvalue weighted by Gasteiger charge is -2.43. The van der Waals surface area contributed by atoms with Crippen molar-refractivity contribution in [2.45, 2.75) is 105 Å².